The average molecular weight is 394 g/mol. The van der Waals surface area contributed by atoms with Crippen LogP contribution in [-0.4, -0.2) is 15.9 Å². The maximum atomic E-state index is 12.7. The standard InChI is InChI=1S/C25H22N4O/c1-17-11-18(2)13-22(12-17)29-25(30)20-9-6-10-21(14-20)28-24-15-23(26-16-27-24)19-7-4-3-5-8-19/h3-16H,1-2H3,(H,29,30)(H,26,27,28). The number of amides is 1. The Balaban J connectivity index is 1.52. The number of carbonyl (C=O) groups excluding carboxylic acids is 1. The molecular weight excluding hydrogens is 372 g/mol. The summed E-state index contributed by atoms with van der Waals surface area (Å²) in [7, 11) is 0. The zero-order valence-electron chi connectivity index (χ0n) is 16.9. The largest absolute Gasteiger partial charge is 0.340 e. The Morgan fingerprint density at radius 3 is 2.30 bits per heavy atom. The molecule has 1 amide bonds. The van der Waals surface area contributed by atoms with E-state index in [2.05, 4.69) is 26.7 Å². The number of nitrogens with one attached hydrogen (secondary N) is 2. The number of nitrogens with zero attached hydrogens (tertiary/aromatic N) is 2. The van der Waals surface area contributed by atoms with Gasteiger partial charge in [0, 0.05) is 28.6 Å². The molecule has 4 rings (SSSR count). The third-order valence-corrected chi connectivity index (χ3v) is 4.61. The third kappa shape index (κ3) is 4.70. The van der Waals surface area contributed by atoms with Gasteiger partial charge in [0.15, 0.2) is 0 Å². The highest BCUT2D eigenvalue weighted by atomic mass is 16.1. The summed E-state index contributed by atoms with van der Waals surface area (Å²) < 4.78 is 0. The molecule has 0 unspecified atom stereocenters. The van der Waals surface area contributed by atoms with Crippen LogP contribution >= 0.6 is 0 Å². The van der Waals surface area contributed by atoms with E-state index in [1.54, 1.807) is 6.07 Å². The molecule has 0 bridgehead atoms. The highest BCUT2D eigenvalue weighted by Gasteiger charge is 2.09. The minimum atomic E-state index is -0.156. The van der Waals surface area contributed by atoms with E-state index < -0.39 is 0 Å². The minimum Gasteiger partial charge on any atom is -0.340 e. The number of benzene rings is 3. The van der Waals surface area contributed by atoms with Gasteiger partial charge in [-0.2, -0.15) is 0 Å². The predicted octanol–water partition coefficient (Wildman–Crippen LogP) is 5.76. The first-order chi connectivity index (χ1) is 14.6. The van der Waals surface area contributed by atoms with Crippen molar-refractivity contribution in [2.75, 3.05) is 10.6 Å². The van der Waals surface area contributed by atoms with Gasteiger partial charge in [-0.25, -0.2) is 9.97 Å². The minimum absolute atomic E-state index is 0.156. The van der Waals surface area contributed by atoms with Crippen LogP contribution in [0.1, 0.15) is 21.5 Å². The summed E-state index contributed by atoms with van der Waals surface area (Å²) in [5.41, 5.74) is 6.20. The summed E-state index contributed by atoms with van der Waals surface area (Å²) in [5, 5.41) is 6.23. The molecule has 5 heteroatoms. The van der Waals surface area contributed by atoms with Crippen molar-refractivity contribution in [3.8, 4) is 11.3 Å². The van der Waals surface area contributed by atoms with E-state index in [4.69, 9.17) is 0 Å². The fraction of sp³-hybridized carbons (Fsp3) is 0.0800. The zero-order chi connectivity index (χ0) is 20.9. The van der Waals surface area contributed by atoms with Crippen LogP contribution in [0.25, 0.3) is 11.3 Å². The Morgan fingerprint density at radius 2 is 1.53 bits per heavy atom. The Bertz CT molecular complexity index is 1170. The number of anilines is 3. The zero-order valence-corrected chi connectivity index (χ0v) is 16.9. The summed E-state index contributed by atoms with van der Waals surface area (Å²) in [6, 6.07) is 25.1. The van der Waals surface area contributed by atoms with E-state index in [0.717, 1.165) is 33.8 Å². The molecule has 0 fully saturated rings. The molecule has 1 heterocycles. The highest BCUT2D eigenvalue weighted by molar-refractivity contribution is 6.05. The van der Waals surface area contributed by atoms with E-state index in [0.29, 0.717) is 11.4 Å². The van der Waals surface area contributed by atoms with Crippen molar-refractivity contribution < 1.29 is 4.79 Å². The monoisotopic (exact) mass is 394 g/mol. The maximum Gasteiger partial charge on any atom is 0.255 e. The highest BCUT2D eigenvalue weighted by Crippen LogP contribution is 2.22. The SMILES string of the molecule is Cc1cc(C)cc(NC(=O)c2cccc(Nc3cc(-c4ccccc4)ncn3)c2)c1. The molecule has 0 saturated carbocycles. The number of aromatic nitrogens is 2. The van der Waals surface area contributed by atoms with Gasteiger partial charge in [-0.05, 0) is 55.3 Å². The van der Waals surface area contributed by atoms with E-state index in [1.807, 2.05) is 80.6 Å². The number of hydrogen-bond donors (Lipinski definition) is 2. The molecule has 30 heavy (non-hydrogen) atoms. The lowest BCUT2D eigenvalue weighted by Crippen LogP contribution is -2.12. The lowest BCUT2D eigenvalue weighted by molar-refractivity contribution is 0.102. The normalized spacial score (nSPS) is 10.5. The number of hydrogen-bond acceptors (Lipinski definition) is 4. The summed E-state index contributed by atoms with van der Waals surface area (Å²) in [5.74, 6) is 0.507. The van der Waals surface area contributed by atoms with E-state index in [1.165, 1.54) is 6.33 Å². The first kappa shape index (κ1) is 19.3. The predicted molar refractivity (Wildman–Crippen MR) is 121 cm³/mol. The summed E-state index contributed by atoms with van der Waals surface area (Å²) in [6.45, 7) is 4.03. The molecule has 0 aliphatic rings. The van der Waals surface area contributed by atoms with Gasteiger partial charge in [-0.15, -0.1) is 0 Å². The molecule has 3 aromatic carbocycles. The van der Waals surface area contributed by atoms with Crippen molar-refractivity contribution in [2.45, 2.75) is 13.8 Å². The summed E-state index contributed by atoms with van der Waals surface area (Å²) >= 11 is 0. The Labute approximate surface area is 175 Å². The van der Waals surface area contributed by atoms with Crippen LogP contribution in [0.5, 0.6) is 0 Å². The van der Waals surface area contributed by atoms with Crippen molar-refractivity contribution in [3.63, 3.8) is 0 Å². The Kier molecular flexibility index (Phi) is 5.52. The second-order valence-corrected chi connectivity index (χ2v) is 7.19. The molecule has 1 aromatic heterocycles. The third-order valence-electron chi connectivity index (χ3n) is 4.61. The van der Waals surface area contributed by atoms with Crippen LogP contribution in [0.15, 0.2) is 85.2 Å². The van der Waals surface area contributed by atoms with Crippen LogP contribution in [0.4, 0.5) is 17.2 Å². The van der Waals surface area contributed by atoms with Crippen molar-refractivity contribution >= 4 is 23.1 Å². The molecule has 0 saturated heterocycles. The molecule has 0 spiro atoms. The van der Waals surface area contributed by atoms with E-state index >= 15 is 0 Å². The molecule has 0 radical (unpaired) electrons. The van der Waals surface area contributed by atoms with Gasteiger partial charge >= 0.3 is 0 Å². The summed E-state index contributed by atoms with van der Waals surface area (Å²) in [4.78, 5) is 21.4. The molecule has 4 aromatic rings. The molecule has 5 nitrogen and oxygen atoms in total. The van der Waals surface area contributed by atoms with Crippen LogP contribution in [-0.2, 0) is 0 Å². The first-order valence-electron chi connectivity index (χ1n) is 9.71. The first-order valence-corrected chi connectivity index (χ1v) is 9.71. The van der Waals surface area contributed by atoms with Crippen molar-refractivity contribution in [1.82, 2.24) is 9.97 Å². The van der Waals surface area contributed by atoms with Gasteiger partial charge in [0.05, 0.1) is 5.69 Å². The molecule has 0 atom stereocenters. The molecule has 2 N–H and O–H groups in total. The van der Waals surface area contributed by atoms with Crippen LogP contribution in [0, 0.1) is 13.8 Å². The second kappa shape index (κ2) is 8.57. The molecule has 0 aliphatic heterocycles. The van der Waals surface area contributed by atoms with Crippen molar-refractivity contribution in [1.29, 1.82) is 0 Å². The number of aryl methyl sites for hydroxylation is 2. The van der Waals surface area contributed by atoms with Gasteiger partial charge in [0.2, 0.25) is 0 Å². The van der Waals surface area contributed by atoms with Crippen molar-refractivity contribution in [2.24, 2.45) is 0 Å². The molecule has 0 aliphatic carbocycles. The van der Waals surface area contributed by atoms with Crippen LogP contribution in [0.2, 0.25) is 0 Å². The lowest BCUT2D eigenvalue weighted by Gasteiger charge is -2.10. The van der Waals surface area contributed by atoms with E-state index in [9.17, 15) is 4.79 Å². The van der Waals surface area contributed by atoms with Crippen LogP contribution < -0.4 is 10.6 Å². The van der Waals surface area contributed by atoms with Gasteiger partial charge in [0.1, 0.15) is 12.1 Å². The molecule has 148 valence electrons. The number of rotatable bonds is 5. The molecular formula is C25H22N4O. The topological polar surface area (TPSA) is 66.9 Å². The van der Waals surface area contributed by atoms with Crippen LogP contribution in [0.3, 0.4) is 0 Å². The second-order valence-electron chi connectivity index (χ2n) is 7.19. The van der Waals surface area contributed by atoms with E-state index in [-0.39, 0.29) is 5.91 Å². The van der Waals surface area contributed by atoms with Crippen molar-refractivity contribution in [3.05, 3.63) is 102 Å². The Hall–Kier alpha value is -3.99. The fourth-order valence-corrected chi connectivity index (χ4v) is 3.33. The average Bonchev–Trinajstić information content (AvgIpc) is 2.74. The van der Waals surface area contributed by atoms with Gasteiger partial charge in [-0.3, -0.25) is 4.79 Å². The Morgan fingerprint density at radius 1 is 0.767 bits per heavy atom. The quantitative estimate of drug-likeness (QED) is 0.452. The van der Waals surface area contributed by atoms with Gasteiger partial charge < -0.3 is 10.6 Å². The fourth-order valence-electron chi connectivity index (χ4n) is 3.33. The smallest absolute Gasteiger partial charge is 0.255 e. The lowest BCUT2D eigenvalue weighted by atomic mass is 10.1. The number of carbonyl (C=O) groups is 1. The van der Waals surface area contributed by atoms with Gasteiger partial charge in [-0.1, -0.05) is 42.5 Å². The summed E-state index contributed by atoms with van der Waals surface area (Å²) in [6.07, 6.45) is 1.53. The maximum absolute atomic E-state index is 12.7. The van der Waals surface area contributed by atoms with Gasteiger partial charge in [0.25, 0.3) is 5.91 Å².